The number of carbonyl (C=O) groups excluding carboxylic acids is 2. The van der Waals surface area contributed by atoms with Gasteiger partial charge in [-0.2, -0.15) is 4.31 Å². The Balaban J connectivity index is 2.34. The Kier molecular flexibility index (Phi) is 12.0. The number of rotatable bonds is 11. The molecule has 1 aliphatic rings. The largest absolute Gasteiger partial charge is 0.474 e. The molecule has 2 heterocycles. The van der Waals surface area contributed by atoms with Gasteiger partial charge in [0.25, 0.3) is 0 Å². The molecule has 0 aliphatic carbocycles. The molecule has 0 radical (unpaired) electrons. The molecule has 234 valence electrons. The average Bonchev–Trinajstić information content (AvgIpc) is 3.32. The maximum atomic E-state index is 14.8. The van der Waals surface area contributed by atoms with Crippen LogP contribution in [0.4, 0.5) is 4.79 Å². The lowest BCUT2D eigenvalue weighted by Gasteiger charge is -2.36. The monoisotopic (exact) mass is 613 g/mol. The summed E-state index contributed by atoms with van der Waals surface area (Å²) < 4.78 is 43.3. The summed E-state index contributed by atoms with van der Waals surface area (Å²) in [5, 5.41) is 0.163. The lowest BCUT2D eigenvalue weighted by Crippen LogP contribution is -2.41. The van der Waals surface area contributed by atoms with Crippen molar-refractivity contribution in [3.05, 3.63) is 17.8 Å². The smallest absolute Gasteiger partial charge is 0.443 e. The van der Waals surface area contributed by atoms with Crippen molar-refractivity contribution in [2.45, 2.75) is 128 Å². The van der Waals surface area contributed by atoms with Gasteiger partial charge in [0.2, 0.25) is 5.88 Å². The van der Waals surface area contributed by atoms with E-state index in [0.717, 1.165) is 19.3 Å². The second-order valence-corrected chi connectivity index (χ2v) is 20.1. The molecule has 10 nitrogen and oxygen atoms in total. The molecule has 1 saturated heterocycles. The lowest BCUT2D eigenvalue weighted by molar-refractivity contribution is -0.144. The molecule has 0 N–H and O–H groups in total. The fourth-order valence-corrected chi connectivity index (χ4v) is 7.41. The summed E-state index contributed by atoms with van der Waals surface area (Å²) in [6, 6.07) is 2.48. The molecule has 41 heavy (non-hydrogen) atoms. The molecule has 0 saturated carbocycles. The van der Waals surface area contributed by atoms with E-state index in [-0.39, 0.29) is 28.5 Å². The predicted octanol–water partition coefficient (Wildman–Crippen LogP) is 6.66. The molecular weight excluding hydrogens is 562 g/mol. The van der Waals surface area contributed by atoms with Crippen molar-refractivity contribution in [1.29, 1.82) is 0 Å². The van der Waals surface area contributed by atoms with Gasteiger partial charge in [-0.1, -0.05) is 20.8 Å². The minimum Gasteiger partial charge on any atom is -0.474 e. The van der Waals surface area contributed by atoms with E-state index in [9.17, 15) is 13.8 Å². The van der Waals surface area contributed by atoms with Crippen molar-refractivity contribution >= 4 is 30.3 Å². The third-order valence-electron chi connectivity index (χ3n) is 7.42. The van der Waals surface area contributed by atoms with Gasteiger partial charge in [0.05, 0.1) is 13.2 Å². The first-order valence-corrected chi connectivity index (χ1v) is 18.8. The van der Waals surface area contributed by atoms with Crippen LogP contribution in [-0.4, -0.2) is 71.9 Å². The molecule has 3 atom stereocenters. The van der Waals surface area contributed by atoms with E-state index in [4.69, 9.17) is 18.6 Å². The van der Waals surface area contributed by atoms with Gasteiger partial charge in [0.15, 0.2) is 18.2 Å². The molecule has 0 spiro atoms. The van der Waals surface area contributed by atoms with Crippen molar-refractivity contribution in [3.8, 4) is 5.88 Å². The van der Waals surface area contributed by atoms with Crippen molar-refractivity contribution in [2.75, 3.05) is 20.3 Å². The van der Waals surface area contributed by atoms with E-state index in [2.05, 4.69) is 43.2 Å². The first kappa shape index (κ1) is 35.2. The van der Waals surface area contributed by atoms with Crippen molar-refractivity contribution in [1.82, 2.24) is 9.29 Å². The maximum absolute atomic E-state index is 14.8. The Hall–Kier alpha value is -2.02. The third-order valence-corrected chi connectivity index (χ3v) is 14.3. The summed E-state index contributed by atoms with van der Waals surface area (Å²) in [5.74, 6) is -0.409. The number of amides is 1. The fraction of sp³-hybridized carbons (Fsp3) is 0.759. The van der Waals surface area contributed by atoms with E-state index in [0.29, 0.717) is 25.1 Å². The highest BCUT2D eigenvalue weighted by molar-refractivity contribution is 7.91. The second kappa shape index (κ2) is 14.0. The molecule has 1 aromatic heterocycles. The number of nitrogens with zero attached hydrogens (tertiary/aromatic N) is 3. The standard InChI is InChI=1S/C29H51N3O7SSi/c1-21-17-18-24(25(30-21)38-22(2)15-12-13-20-37-41(10,11)29(6,7)8)40(35,31-27(34)39-28(3,4)5)32-19-14-16-23(32)26(33)36-9/h17-18,22-23H,12-16,19-20H2,1-11H3/t22-,23+,40-/m1/s1. The number of carbonyl (C=O) groups is 2. The van der Waals surface area contributed by atoms with Crippen LogP contribution < -0.4 is 4.74 Å². The van der Waals surface area contributed by atoms with Crippen LogP contribution in [0.5, 0.6) is 5.88 Å². The van der Waals surface area contributed by atoms with Crippen molar-refractivity contribution in [2.24, 2.45) is 4.36 Å². The number of ether oxygens (including phenoxy) is 3. The molecule has 0 aromatic carbocycles. The molecule has 2 rings (SSSR count). The number of aromatic nitrogens is 1. The number of unbranched alkanes of at least 4 members (excludes halogenated alkanes) is 1. The van der Waals surface area contributed by atoms with Crippen LogP contribution in [0.15, 0.2) is 21.4 Å². The van der Waals surface area contributed by atoms with Gasteiger partial charge in [-0.05, 0) is 97.0 Å². The van der Waals surface area contributed by atoms with E-state index in [1.165, 1.54) is 11.4 Å². The van der Waals surface area contributed by atoms with E-state index >= 15 is 0 Å². The first-order valence-electron chi connectivity index (χ1n) is 14.4. The normalized spacial score (nSPS) is 18.9. The van der Waals surface area contributed by atoms with E-state index in [1.807, 2.05) is 6.92 Å². The minimum atomic E-state index is -3.69. The van der Waals surface area contributed by atoms with Crippen LogP contribution in [0.25, 0.3) is 0 Å². The fourth-order valence-electron chi connectivity index (χ4n) is 4.15. The zero-order chi connectivity index (χ0) is 31.2. The minimum absolute atomic E-state index is 0.128. The summed E-state index contributed by atoms with van der Waals surface area (Å²) in [6.07, 6.45) is 2.28. The highest BCUT2D eigenvalue weighted by Gasteiger charge is 2.42. The summed E-state index contributed by atoms with van der Waals surface area (Å²) in [5.41, 5.74) is -0.190. The summed E-state index contributed by atoms with van der Waals surface area (Å²) >= 11 is 0. The van der Waals surface area contributed by atoms with Crippen LogP contribution in [-0.2, 0) is 28.6 Å². The molecule has 1 fully saturated rings. The third kappa shape index (κ3) is 9.76. The second-order valence-electron chi connectivity index (χ2n) is 13.2. The van der Waals surface area contributed by atoms with Gasteiger partial charge in [0, 0.05) is 18.8 Å². The van der Waals surface area contributed by atoms with Gasteiger partial charge in [-0.3, -0.25) is 4.79 Å². The average molecular weight is 614 g/mol. The summed E-state index contributed by atoms with van der Waals surface area (Å²) in [4.78, 5) is 30.2. The Labute approximate surface area is 248 Å². The molecule has 0 unspecified atom stereocenters. The molecule has 0 bridgehead atoms. The van der Waals surface area contributed by atoms with Crippen LogP contribution in [0, 0.1) is 6.92 Å². The molecule has 1 aliphatic heterocycles. The zero-order valence-electron chi connectivity index (χ0n) is 26.9. The number of methoxy groups -OCH3 is 1. The highest BCUT2D eigenvalue weighted by Crippen LogP contribution is 2.37. The number of hydrogen-bond donors (Lipinski definition) is 0. The number of esters is 1. The van der Waals surface area contributed by atoms with Crippen molar-refractivity contribution < 1.29 is 32.4 Å². The van der Waals surface area contributed by atoms with Crippen LogP contribution in [0.1, 0.15) is 86.3 Å². The highest BCUT2D eigenvalue weighted by atomic mass is 32.2. The van der Waals surface area contributed by atoms with Gasteiger partial charge in [-0.25, -0.2) is 14.0 Å². The predicted molar refractivity (Wildman–Crippen MR) is 163 cm³/mol. The Bertz CT molecular complexity index is 1180. The Morgan fingerprint density at radius 1 is 1.17 bits per heavy atom. The molecule has 1 amide bonds. The van der Waals surface area contributed by atoms with Crippen molar-refractivity contribution in [3.63, 3.8) is 0 Å². The quantitative estimate of drug-likeness (QED) is 0.154. The van der Waals surface area contributed by atoms with Gasteiger partial charge in [0.1, 0.15) is 16.5 Å². The summed E-state index contributed by atoms with van der Waals surface area (Å²) in [6.45, 7) is 21.0. The van der Waals surface area contributed by atoms with Gasteiger partial charge in [-0.15, -0.1) is 4.36 Å². The molecular formula is C29H51N3O7SSi. The van der Waals surface area contributed by atoms with Gasteiger partial charge >= 0.3 is 12.1 Å². The molecule has 1 aromatic rings. The summed E-state index contributed by atoms with van der Waals surface area (Å²) in [7, 11) is -4.21. The Morgan fingerprint density at radius 2 is 1.83 bits per heavy atom. The molecule has 12 heteroatoms. The zero-order valence-corrected chi connectivity index (χ0v) is 28.7. The topological polar surface area (TPSA) is 117 Å². The first-order chi connectivity index (χ1) is 18.8. The van der Waals surface area contributed by atoms with Crippen LogP contribution in [0.2, 0.25) is 18.1 Å². The number of aryl methyl sites for hydroxylation is 1. The van der Waals surface area contributed by atoms with Gasteiger partial charge < -0.3 is 18.6 Å². The lowest BCUT2D eigenvalue weighted by atomic mass is 10.2. The maximum Gasteiger partial charge on any atom is 0.443 e. The SMILES string of the molecule is COC(=O)[C@@H]1CCCN1[S@](=O)(=NC(=O)OC(C)(C)C)c1ccc(C)nc1O[C@H](C)CCCCO[Si](C)(C)C(C)(C)C. The number of pyridine rings is 1. The van der Waals surface area contributed by atoms with E-state index in [1.54, 1.807) is 39.8 Å². The van der Waals surface area contributed by atoms with Crippen LogP contribution in [0.3, 0.4) is 0 Å². The number of hydrogen-bond acceptors (Lipinski definition) is 8. The van der Waals surface area contributed by atoms with E-state index < -0.39 is 41.9 Å². The van der Waals surface area contributed by atoms with Crippen LogP contribution >= 0.6 is 0 Å². The Morgan fingerprint density at radius 3 is 2.41 bits per heavy atom.